The van der Waals surface area contributed by atoms with Gasteiger partial charge in [0.15, 0.2) is 5.78 Å². The molecule has 4 nitrogen and oxygen atoms in total. The predicted octanol–water partition coefficient (Wildman–Crippen LogP) is 2.72. The fourth-order valence-corrected chi connectivity index (χ4v) is 3.27. The minimum Gasteiger partial charge on any atom is -0.288 e. The van der Waals surface area contributed by atoms with Crippen LogP contribution in [-0.4, -0.2) is 17.6 Å². The van der Waals surface area contributed by atoms with Gasteiger partial charge in [-0.15, -0.1) is 11.3 Å². The summed E-state index contributed by atoms with van der Waals surface area (Å²) in [5, 5.41) is 2.17. The quantitative estimate of drug-likeness (QED) is 0.646. The highest BCUT2D eigenvalue weighted by molar-refractivity contribution is 7.15. The Bertz CT molecular complexity index is 756. The fourth-order valence-electron chi connectivity index (χ4n) is 2.21. The average Bonchev–Trinajstić information content (AvgIpc) is 3.02. The minimum absolute atomic E-state index is 0.183. The van der Waals surface area contributed by atoms with E-state index in [2.05, 4.69) is 0 Å². The first kappa shape index (κ1) is 13.5. The number of amides is 2. The van der Waals surface area contributed by atoms with Gasteiger partial charge in [-0.2, -0.15) is 0 Å². The Morgan fingerprint density at radius 1 is 1.05 bits per heavy atom. The molecule has 2 amide bonds. The molecule has 3 rings (SSSR count). The number of benzene rings is 1. The second-order valence-electron chi connectivity index (χ2n) is 4.64. The molecule has 1 aliphatic heterocycles. The van der Waals surface area contributed by atoms with Gasteiger partial charge in [0.05, 0.1) is 5.56 Å². The molecule has 1 aromatic carbocycles. The highest BCUT2D eigenvalue weighted by Crippen LogP contribution is 2.34. The lowest BCUT2D eigenvalue weighted by atomic mass is 10.0. The molecule has 1 aliphatic rings. The van der Waals surface area contributed by atoms with E-state index in [-0.39, 0.29) is 5.78 Å². The lowest BCUT2D eigenvalue weighted by molar-refractivity contribution is -0.119. The van der Waals surface area contributed by atoms with Crippen molar-refractivity contribution < 1.29 is 14.4 Å². The first-order chi connectivity index (χ1) is 10.1. The second kappa shape index (κ2) is 5.10. The summed E-state index contributed by atoms with van der Waals surface area (Å²) in [7, 11) is 0. The highest BCUT2D eigenvalue weighted by atomic mass is 32.1. The van der Waals surface area contributed by atoms with Gasteiger partial charge in [0.2, 0.25) is 0 Å². The smallest absolute Gasteiger partial charge is 0.258 e. The summed E-state index contributed by atoms with van der Waals surface area (Å²) < 4.78 is 0. The van der Waals surface area contributed by atoms with E-state index in [4.69, 9.17) is 0 Å². The minimum atomic E-state index is -0.413. The number of imide groups is 1. The topological polar surface area (TPSA) is 54.5 Å². The molecule has 0 aliphatic carbocycles. The van der Waals surface area contributed by atoms with Crippen LogP contribution in [0.15, 0.2) is 47.9 Å². The van der Waals surface area contributed by atoms with Crippen LogP contribution < -0.4 is 4.90 Å². The van der Waals surface area contributed by atoms with Crippen molar-refractivity contribution in [3.63, 3.8) is 0 Å². The van der Waals surface area contributed by atoms with Gasteiger partial charge in [-0.1, -0.05) is 30.3 Å². The second-order valence-corrected chi connectivity index (χ2v) is 5.50. The standard InChI is InChI=1S/C16H11NO3S/c1-10-9-21-16(17-12(18)7-8-13(17)19)14(10)15(20)11-5-3-2-4-6-11/h2-9H,1H3. The van der Waals surface area contributed by atoms with E-state index in [1.807, 2.05) is 6.07 Å². The molecule has 0 N–H and O–H groups in total. The molecule has 5 heteroatoms. The van der Waals surface area contributed by atoms with E-state index >= 15 is 0 Å². The number of nitrogens with zero attached hydrogens (tertiary/aromatic N) is 1. The van der Waals surface area contributed by atoms with Gasteiger partial charge in [-0.05, 0) is 17.9 Å². The van der Waals surface area contributed by atoms with Crippen molar-refractivity contribution in [3.05, 3.63) is 64.6 Å². The van der Waals surface area contributed by atoms with Crippen molar-refractivity contribution in [3.8, 4) is 0 Å². The van der Waals surface area contributed by atoms with E-state index < -0.39 is 11.8 Å². The summed E-state index contributed by atoms with van der Waals surface area (Å²) in [5.41, 5.74) is 1.71. The number of hydrogen-bond donors (Lipinski definition) is 0. The Kier molecular flexibility index (Phi) is 3.27. The summed E-state index contributed by atoms with van der Waals surface area (Å²) >= 11 is 1.23. The summed E-state index contributed by atoms with van der Waals surface area (Å²) in [5.74, 6) is -1.01. The Balaban J connectivity index is 2.08. The first-order valence-electron chi connectivity index (χ1n) is 6.33. The lowest BCUT2D eigenvalue weighted by Crippen LogP contribution is -2.30. The Labute approximate surface area is 125 Å². The number of hydrogen-bond acceptors (Lipinski definition) is 4. The largest absolute Gasteiger partial charge is 0.288 e. The van der Waals surface area contributed by atoms with Crippen molar-refractivity contribution >= 4 is 33.9 Å². The van der Waals surface area contributed by atoms with Crippen LogP contribution in [0.5, 0.6) is 0 Å². The van der Waals surface area contributed by atoms with Crippen LogP contribution in [0.3, 0.4) is 0 Å². The van der Waals surface area contributed by atoms with E-state index in [9.17, 15) is 14.4 Å². The number of rotatable bonds is 3. The normalized spacial score (nSPS) is 14.0. The maximum atomic E-state index is 12.7. The Morgan fingerprint density at radius 3 is 2.29 bits per heavy atom. The Morgan fingerprint density at radius 2 is 1.67 bits per heavy atom. The van der Waals surface area contributed by atoms with Crippen molar-refractivity contribution in [1.82, 2.24) is 0 Å². The maximum Gasteiger partial charge on any atom is 0.258 e. The number of ketones is 1. The molecular weight excluding hydrogens is 286 g/mol. The number of thiophene rings is 1. The Hall–Kier alpha value is -2.53. The number of anilines is 1. The van der Waals surface area contributed by atoms with Gasteiger partial charge in [-0.25, -0.2) is 4.90 Å². The summed E-state index contributed by atoms with van der Waals surface area (Å²) in [6.45, 7) is 1.80. The van der Waals surface area contributed by atoms with Gasteiger partial charge in [0.25, 0.3) is 11.8 Å². The van der Waals surface area contributed by atoms with Crippen LogP contribution >= 0.6 is 11.3 Å². The monoisotopic (exact) mass is 297 g/mol. The fraction of sp³-hybridized carbons (Fsp3) is 0.0625. The zero-order valence-electron chi connectivity index (χ0n) is 11.2. The molecule has 0 fully saturated rings. The van der Waals surface area contributed by atoms with E-state index in [0.29, 0.717) is 16.1 Å². The van der Waals surface area contributed by atoms with Gasteiger partial charge in [-0.3, -0.25) is 14.4 Å². The average molecular weight is 297 g/mol. The summed E-state index contributed by atoms with van der Waals surface area (Å²) in [4.78, 5) is 37.3. The van der Waals surface area contributed by atoms with Gasteiger partial charge < -0.3 is 0 Å². The van der Waals surface area contributed by atoms with Gasteiger partial charge in [0, 0.05) is 17.7 Å². The lowest BCUT2D eigenvalue weighted by Gasteiger charge is -2.14. The maximum absolute atomic E-state index is 12.7. The molecular formula is C16H11NO3S. The third-order valence-corrected chi connectivity index (χ3v) is 4.31. The van der Waals surface area contributed by atoms with E-state index in [1.54, 1.807) is 36.6 Å². The molecule has 104 valence electrons. The molecule has 21 heavy (non-hydrogen) atoms. The summed E-state index contributed by atoms with van der Waals surface area (Å²) in [6, 6.07) is 8.82. The molecule has 0 saturated carbocycles. The molecule has 0 radical (unpaired) electrons. The SMILES string of the molecule is Cc1csc(N2C(=O)C=CC2=O)c1C(=O)c1ccccc1. The van der Waals surface area contributed by atoms with Crippen molar-refractivity contribution in [2.75, 3.05) is 4.90 Å². The molecule has 0 unspecified atom stereocenters. The van der Waals surface area contributed by atoms with Crippen molar-refractivity contribution in [2.45, 2.75) is 6.92 Å². The third-order valence-electron chi connectivity index (χ3n) is 3.23. The molecule has 2 heterocycles. The zero-order valence-corrected chi connectivity index (χ0v) is 12.0. The van der Waals surface area contributed by atoms with E-state index in [1.165, 1.54) is 23.5 Å². The summed E-state index contributed by atoms with van der Waals surface area (Å²) in [6.07, 6.45) is 2.43. The zero-order chi connectivity index (χ0) is 15.0. The van der Waals surface area contributed by atoms with Crippen molar-refractivity contribution in [1.29, 1.82) is 0 Å². The molecule has 0 spiro atoms. The van der Waals surface area contributed by atoms with Crippen LogP contribution in [0.2, 0.25) is 0 Å². The van der Waals surface area contributed by atoms with Crippen LogP contribution in [0, 0.1) is 6.92 Å². The van der Waals surface area contributed by atoms with Gasteiger partial charge >= 0.3 is 0 Å². The predicted molar refractivity (Wildman–Crippen MR) is 80.6 cm³/mol. The van der Waals surface area contributed by atoms with Crippen molar-refractivity contribution in [2.24, 2.45) is 0 Å². The van der Waals surface area contributed by atoms with E-state index in [0.717, 1.165) is 10.5 Å². The van der Waals surface area contributed by atoms with Crippen LogP contribution in [0.1, 0.15) is 21.5 Å². The van der Waals surface area contributed by atoms with Crippen LogP contribution in [-0.2, 0) is 9.59 Å². The molecule has 0 atom stereocenters. The third kappa shape index (κ3) is 2.21. The van der Waals surface area contributed by atoms with Gasteiger partial charge in [0.1, 0.15) is 5.00 Å². The number of carbonyl (C=O) groups excluding carboxylic acids is 3. The highest BCUT2D eigenvalue weighted by Gasteiger charge is 2.31. The molecule has 2 aromatic rings. The molecule has 0 bridgehead atoms. The first-order valence-corrected chi connectivity index (χ1v) is 7.21. The number of carbonyl (C=O) groups is 3. The van der Waals surface area contributed by atoms with Crippen LogP contribution in [0.4, 0.5) is 5.00 Å². The molecule has 1 aromatic heterocycles. The number of aryl methyl sites for hydroxylation is 1. The molecule has 0 saturated heterocycles. The van der Waals surface area contributed by atoms with Crippen LogP contribution in [0.25, 0.3) is 0 Å².